The largest absolute Gasteiger partial charge is 0.493 e. The van der Waals surface area contributed by atoms with Crippen molar-refractivity contribution in [2.24, 2.45) is 5.10 Å². The zero-order valence-electron chi connectivity index (χ0n) is 20.9. The van der Waals surface area contributed by atoms with E-state index in [1.807, 2.05) is 43.3 Å². The molecule has 5 aromatic rings. The zero-order chi connectivity index (χ0) is 26.6. The molecule has 0 fully saturated rings. The van der Waals surface area contributed by atoms with Crippen molar-refractivity contribution in [1.82, 2.24) is 9.66 Å². The van der Waals surface area contributed by atoms with Gasteiger partial charge in [0.25, 0.3) is 5.56 Å². The van der Waals surface area contributed by atoms with Crippen molar-refractivity contribution in [3.8, 4) is 11.5 Å². The van der Waals surface area contributed by atoms with Crippen LogP contribution in [0.4, 0.5) is 0 Å². The molecule has 0 aliphatic carbocycles. The first-order chi connectivity index (χ1) is 18.5. The fourth-order valence-corrected chi connectivity index (χ4v) is 4.98. The Morgan fingerprint density at radius 2 is 1.87 bits per heavy atom. The highest BCUT2D eigenvalue weighted by Gasteiger charge is 2.14. The summed E-state index contributed by atoms with van der Waals surface area (Å²) in [7, 11) is 1.56. The number of aryl methyl sites for hydroxylation is 1. The maximum absolute atomic E-state index is 13.3. The fourth-order valence-electron chi connectivity index (χ4n) is 4.35. The summed E-state index contributed by atoms with van der Waals surface area (Å²) in [6, 6.07) is 23.3. The molecule has 1 aromatic heterocycles. The van der Waals surface area contributed by atoms with Crippen LogP contribution in [0.15, 0.2) is 87.2 Å². The lowest BCUT2D eigenvalue weighted by atomic mass is 10.1. The number of fused-ring (bicyclic) bond motifs is 2. The van der Waals surface area contributed by atoms with Gasteiger partial charge in [-0.15, -0.1) is 0 Å². The van der Waals surface area contributed by atoms with Gasteiger partial charge in [-0.1, -0.05) is 76.9 Å². The molecule has 1 heterocycles. The molecule has 0 unspecified atom stereocenters. The van der Waals surface area contributed by atoms with E-state index < -0.39 is 0 Å². The topological polar surface area (TPSA) is 65.7 Å². The fraction of sp³-hybridized carbons (Fsp3) is 0.167. The number of methoxy groups -OCH3 is 1. The van der Waals surface area contributed by atoms with Crippen molar-refractivity contribution >= 4 is 55.4 Å². The van der Waals surface area contributed by atoms with Gasteiger partial charge < -0.3 is 9.47 Å². The van der Waals surface area contributed by atoms with Gasteiger partial charge in [0.05, 0.1) is 29.2 Å². The quantitative estimate of drug-likeness (QED) is 0.177. The Balaban J connectivity index is 1.46. The third-order valence-corrected chi connectivity index (χ3v) is 6.95. The average Bonchev–Trinajstić information content (AvgIpc) is 2.92. The zero-order valence-corrected chi connectivity index (χ0v) is 23.3. The number of nitrogens with zero attached hydrogens (tertiary/aromatic N) is 3. The van der Waals surface area contributed by atoms with Gasteiger partial charge in [-0.05, 0) is 58.7 Å². The van der Waals surface area contributed by atoms with E-state index in [1.165, 1.54) is 4.68 Å². The number of benzene rings is 4. The van der Waals surface area contributed by atoms with Crippen molar-refractivity contribution in [3.05, 3.63) is 110 Å². The number of aromatic nitrogens is 2. The van der Waals surface area contributed by atoms with Gasteiger partial charge in [-0.3, -0.25) is 4.79 Å². The molecule has 8 heteroatoms. The Hall–Kier alpha value is -3.68. The molecular weight excluding hydrogens is 566 g/mol. The molecule has 4 aromatic carbocycles. The predicted molar refractivity (Wildman–Crippen MR) is 157 cm³/mol. The van der Waals surface area contributed by atoms with Crippen molar-refractivity contribution < 1.29 is 9.47 Å². The maximum atomic E-state index is 13.3. The summed E-state index contributed by atoms with van der Waals surface area (Å²) in [5.74, 6) is 1.51. The van der Waals surface area contributed by atoms with Gasteiger partial charge in [-0.2, -0.15) is 9.78 Å². The summed E-state index contributed by atoms with van der Waals surface area (Å²) in [4.78, 5) is 17.9. The molecule has 0 atom stereocenters. The molecule has 0 spiro atoms. The normalized spacial score (nSPS) is 11.5. The van der Waals surface area contributed by atoms with E-state index in [0.29, 0.717) is 51.8 Å². The maximum Gasteiger partial charge on any atom is 0.282 e. The van der Waals surface area contributed by atoms with Gasteiger partial charge >= 0.3 is 0 Å². The Morgan fingerprint density at radius 1 is 1.05 bits per heavy atom. The molecule has 6 nitrogen and oxygen atoms in total. The number of hydrogen-bond donors (Lipinski definition) is 0. The van der Waals surface area contributed by atoms with E-state index in [4.69, 9.17) is 21.1 Å². The Kier molecular flexibility index (Phi) is 7.77. The van der Waals surface area contributed by atoms with E-state index >= 15 is 0 Å². The number of rotatable bonds is 8. The van der Waals surface area contributed by atoms with Gasteiger partial charge in [0.2, 0.25) is 0 Å². The minimum Gasteiger partial charge on any atom is -0.493 e. The minimum absolute atomic E-state index is 0.232. The number of halogens is 2. The molecular formula is C30H25BrClN3O3. The van der Waals surface area contributed by atoms with E-state index in [9.17, 15) is 4.79 Å². The van der Waals surface area contributed by atoms with Crippen molar-refractivity contribution in [3.63, 3.8) is 0 Å². The van der Waals surface area contributed by atoms with Crippen LogP contribution in [0.2, 0.25) is 5.02 Å². The first-order valence-corrected chi connectivity index (χ1v) is 13.4. The average molecular weight is 591 g/mol. The second kappa shape index (κ2) is 11.4. The second-order valence-corrected chi connectivity index (χ2v) is 10.1. The lowest BCUT2D eigenvalue weighted by Gasteiger charge is -2.14. The Bertz CT molecular complexity index is 1730. The van der Waals surface area contributed by atoms with Crippen LogP contribution in [0.5, 0.6) is 11.5 Å². The molecule has 0 bridgehead atoms. The Morgan fingerprint density at radius 3 is 2.68 bits per heavy atom. The van der Waals surface area contributed by atoms with Crippen molar-refractivity contribution in [2.75, 3.05) is 7.11 Å². The molecule has 0 saturated carbocycles. The lowest BCUT2D eigenvalue weighted by Crippen LogP contribution is -2.22. The van der Waals surface area contributed by atoms with E-state index in [0.717, 1.165) is 27.2 Å². The molecule has 0 radical (unpaired) electrons. The molecule has 0 N–H and O–H groups in total. The van der Waals surface area contributed by atoms with E-state index in [2.05, 4.69) is 44.2 Å². The van der Waals surface area contributed by atoms with Gasteiger partial charge in [0, 0.05) is 10.9 Å². The highest BCUT2D eigenvalue weighted by molar-refractivity contribution is 9.10. The standard InChI is InChI=1S/C30H25BrClN3O3/c1-3-7-28-34-26-13-12-22(31)16-24(26)30(36)35(28)33-17-19-14-25(32)29(27(15-19)37-2)38-18-21-10-6-9-20-8-4-5-11-23(20)21/h4-6,8-17H,3,7,18H2,1-2H3. The van der Waals surface area contributed by atoms with Crippen LogP contribution in [-0.2, 0) is 13.0 Å². The highest BCUT2D eigenvalue weighted by Crippen LogP contribution is 2.37. The van der Waals surface area contributed by atoms with Gasteiger partial charge in [0.1, 0.15) is 12.4 Å². The van der Waals surface area contributed by atoms with Crippen LogP contribution < -0.4 is 15.0 Å². The summed E-state index contributed by atoms with van der Waals surface area (Å²) in [5.41, 5.74) is 2.12. The monoisotopic (exact) mass is 589 g/mol. The molecule has 192 valence electrons. The molecule has 0 amide bonds. The van der Waals surface area contributed by atoms with Crippen LogP contribution >= 0.6 is 27.5 Å². The van der Waals surface area contributed by atoms with Crippen LogP contribution in [0.25, 0.3) is 21.7 Å². The molecule has 5 rings (SSSR count). The number of ether oxygens (including phenoxy) is 2. The third kappa shape index (κ3) is 5.30. The second-order valence-electron chi connectivity index (χ2n) is 8.76. The third-order valence-electron chi connectivity index (χ3n) is 6.17. The summed E-state index contributed by atoms with van der Waals surface area (Å²) >= 11 is 10.1. The van der Waals surface area contributed by atoms with Crippen LogP contribution in [0, 0.1) is 0 Å². The first kappa shape index (κ1) is 25.9. The van der Waals surface area contributed by atoms with Crippen LogP contribution in [0.3, 0.4) is 0 Å². The van der Waals surface area contributed by atoms with Crippen LogP contribution in [-0.4, -0.2) is 23.0 Å². The highest BCUT2D eigenvalue weighted by atomic mass is 79.9. The smallest absolute Gasteiger partial charge is 0.282 e. The SMILES string of the molecule is CCCc1nc2ccc(Br)cc2c(=O)n1N=Cc1cc(Cl)c(OCc2cccc3ccccc23)c(OC)c1. The van der Waals surface area contributed by atoms with Gasteiger partial charge in [-0.25, -0.2) is 4.98 Å². The molecule has 38 heavy (non-hydrogen) atoms. The summed E-state index contributed by atoms with van der Waals surface area (Å²) < 4.78 is 13.9. The molecule has 0 aliphatic rings. The lowest BCUT2D eigenvalue weighted by molar-refractivity contribution is 0.286. The summed E-state index contributed by atoms with van der Waals surface area (Å²) in [6.07, 6.45) is 3.02. The number of hydrogen-bond acceptors (Lipinski definition) is 5. The first-order valence-electron chi connectivity index (χ1n) is 12.2. The van der Waals surface area contributed by atoms with Crippen molar-refractivity contribution in [1.29, 1.82) is 0 Å². The molecule has 0 aliphatic heterocycles. The summed E-state index contributed by atoms with van der Waals surface area (Å²) in [6.45, 7) is 2.37. The predicted octanol–water partition coefficient (Wildman–Crippen LogP) is 7.39. The summed E-state index contributed by atoms with van der Waals surface area (Å²) in [5, 5.41) is 7.63. The molecule has 0 saturated heterocycles. The minimum atomic E-state index is -0.232. The Labute approximate surface area is 233 Å². The van der Waals surface area contributed by atoms with E-state index in [-0.39, 0.29) is 5.56 Å². The van der Waals surface area contributed by atoms with Gasteiger partial charge in [0.15, 0.2) is 11.5 Å². The van der Waals surface area contributed by atoms with E-state index in [1.54, 1.807) is 31.5 Å². The van der Waals surface area contributed by atoms with Crippen molar-refractivity contribution in [2.45, 2.75) is 26.4 Å². The van der Waals surface area contributed by atoms with Crippen LogP contribution in [0.1, 0.15) is 30.3 Å².